The minimum absolute atomic E-state index is 0.0195. The zero-order valence-corrected chi connectivity index (χ0v) is 19.8. The van der Waals surface area contributed by atoms with Crippen molar-refractivity contribution in [2.24, 2.45) is 17.6 Å². The van der Waals surface area contributed by atoms with Gasteiger partial charge in [0.05, 0.1) is 4.88 Å². The molecule has 6 heteroatoms. The summed E-state index contributed by atoms with van der Waals surface area (Å²) in [5.74, 6) is 1.52. The Morgan fingerprint density at radius 2 is 1.66 bits per heavy atom. The molecule has 1 heterocycles. The Morgan fingerprint density at radius 1 is 0.969 bits per heavy atom. The summed E-state index contributed by atoms with van der Waals surface area (Å²) < 4.78 is 0. The van der Waals surface area contributed by atoms with E-state index >= 15 is 0 Å². The molecule has 2 aliphatic rings. The predicted octanol–water partition coefficient (Wildman–Crippen LogP) is 5.51. The van der Waals surface area contributed by atoms with Crippen molar-refractivity contribution >= 4 is 28.8 Å². The minimum atomic E-state index is -0.117. The summed E-state index contributed by atoms with van der Waals surface area (Å²) in [6.45, 7) is 1.92. The molecule has 32 heavy (non-hydrogen) atoms. The largest absolute Gasteiger partial charge is 0.349 e. The lowest BCUT2D eigenvalue weighted by Gasteiger charge is -2.33. The van der Waals surface area contributed by atoms with Crippen molar-refractivity contribution in [1.82, 2.24) is 5.32 Å². The van der Waals surface area contributed by atoms with Crippen LogP contribution in [0.1, 0.15) is 83.4 Å². The number of nitrogens with one attached hydrogen (secondary N) is 2. The van der Waals surface area contributed by atoms with Crippen LogP contribution in [0.4, 0.5) is 5.69 Å². The average Bonchev–Trinajstić information content (AvgIpc) is 3.33. The summed E-state index contributed by atoms with van der Waals surface area (Å²) in [5, 5.41) is 8.05. The second kappa shape index (κ2) is 10.6. The van der Waals surface area contributed by atoms with E-state index in [4.69, 9.17) is 5.73 Å². The van der Waals surface area contributed by atoms with E-state index < -0.39 is 0 Å². The van der Waals surface area contributed by atoms with Gasteiger partial charge < -0.3 is 16.4 Å². The highest BCUT2D eigenvalue weighted by atomic mass is 32.1. The molecule has 2 amide bonds. The monoisotopic (exact) mass is 453 g/mol. The van der Waals surface area contributed by atoms with Gasteiger partial charge in [-0.15, -0.1) is 11.3 Å². The number of amides is 2. The average molecular weight is 454 g/mol. The molecule has 1 aromatic carbocycles. The van der Waals surface area contributed by atoms with Crippen LogP contribution in [0.2, 0.25) is 0 Å². The fourth-order valence-electron chi connectivity index (χ4n) is 5.24. The van der Waals surface area contributed by atoms with Gasteiger partial charge in [0.1, 0.15) is 0 Å². The molecule has 1 aromatic heterocycles. The van der Waals surface area contributed by atoms with E-state index in [-0.39, 0.29) is 17.9 Å². The van der Waals surface area contributed by atoms with E-state index in [9.17, 15) is 9.59 Å². The first-order valence-electron chi connectivity index (χ1n) is 12.0. The van der Waals surface area contributed by atoms with Gasteiger partial charge in [0, 0.05) is 23.3 Å². The summed E-state index contributed by atoms with van der Waals surface area (Å²) in [6, 6.07) is 9.83. The van der Waals surface area contributed by atoms with Crippen molar-refractivity contribution in [2.45, 2.75) is 76.8 Å². The molecule has 0 spiro atoms. The molecule has 4 rings (SSSR count). The Labute approximate surface area is 195 Å². The number of anilines is 1. The molecule has 172 valence electrons. The molecule has 5 nitrogen and oxygen atoms in total. The van der Waals surface area contributed by atoms with Crippen LogP contribution in [-0.4, -0.2) is 23.9 Å². The van der Waals surface area contributed by atoms with E-state index in [1.165, 1.54) is 56.3 Å². The summed E-state index contributed by atoms with van der Waals surface area (Å²) >= 11 is 1.41. The van der Waals surface area contributed by atoms with Crippen LogP contribution in [0.5, 0.6) is 0 Å². The number of nitrogens with two attached hydrogens (primary N) is 1. The zero-order valence-electron chi connectivity index (χ0n) is 18.9. The predicted molar refractivity (Wildman–Crippen MR) is 131 cm³/mol. The zero-order chi connectivity index (χ0) is 22.5. The van der Waals surface area contributed by atoms with E-state index in [1.807, 2.05) is 30.5 Å². The van der Waals surface area contributed by atoms with Gasteiger partial charge in [-0.1, -0.05) is 6.07 Å². The first-order chi connectivity index (χ1) is 15.5. The van der Waals surface area contributed by atoms with E-state index in [1.54, 1.807) is 12.1 Å². The van der Waals surface area contributed by atoms with Gasteiger partial charge >= 0.3 is 0 Å². The molecular formula is C26H35N3O2S. The number of thiophene rings is 1. The molecule has 2 aromatic rings. The SMILES string of the molecule is Cc1cc(C(=O)NC2CCC(CC3CCC(N)CC3)CC2)ccc1NC(=O)c1cccs1. The first kappa shape index (κ1) is 23.0. The van der Waals surface area contributed by atoms with Crippen LogP contribution in [0.3, 0.4) is 0 Å². The maximum atomic E-state index is 12.8. The fourth-order valence-corrected chi connectivity index (χ4v) is 5.86. The fraction of sp³-hybridized carbons (Fsp3) is 0.538. The van der Waals surface area contributed by atoms with Crippen LogP contribution in [0.15, 0.2) is 35.7 Å². The maximum Gasteiger partial charge on any atom is 0.265 e. The Balaban J connectivity index is 1.24. The van der Waals surface area contributed by atoms with Crippen LogP contribution in [0.25, 0.3) is 0 Å². The highest BCUT2D eigenvalue weighted by Gasteiger charge is 2.27. The number of rotatable bonds is 6. The highest BCUT2D eigenvalue weighted by Crippen LogP contribution is 2.35. The van der Waals surface area contributed by atoms with Gasteiger partial charge in [0.25, 0.3) is 11.8 Å². The quantitative estimate of drug-likeness (QED) is 0.539. The number of carbonyl (C=O) groups excluding carboxylic acids is 2. The van der Waals surface area contributed by atoms with Crippen LogP contribution >= 0.6 is 11.3 Å². The van der Waals surface area contributed by atoms with Crippen LogP contribution in [-0.2, 0) is 0 Å². The van der Waals surface area contributed by atoms with Gasteiger partial charge in [0.2, 0.25) is 0 Å². The standard InChI is InChI=1S/C26H35N3O2S/c1-17-15-20(8-13-23(17)29-26(31)24-3-2-14-32-24)25(30)28-22-11-6-19(7-12-22)16-18-4-9-21(27)10-5-18/h2-3,8,13-15,18-19,21-22H,4-7,9-12,16,27H2,1H3,(H,28,30)(H,29,31). The number of carbonyl (C=O) groups is 2. The lowest BCUT2D eigenvalue weighted by Crippen LogP contribution is -2.38. The second-order valence-corrected chi connectivity index (χ2v) is 10.6. The molecular weight excluding hydrogens is 418 g/mol. The molecule has 0 atom stereocenters. The van der Waals surface area contributed by atoms with Crippen molar-refractivity contribution in [2.75, 3.05) is 5.32 Å². The van der Waals surface area contributed by atoms with E-state index in [0.717, 1.165) is 35.9 Å². The molecule has 2 aliphatic carbocycles. The Kier molecular flexibility index (Phi) is 7.63. The Bertz CT molecular complexity index is 911. The number of aryl methyl sites for hydroxylation is 1. The smallest absolute Gasteiger partial charge is 0.265 e. The maximum absolute atomic E-state index is 12.8. The molecule has 0 bridgehead atoms. The second-order valence-electron chi connectivity index (χ2n) is 9.67. The van der Waals surface area contributed by atoms with Crippen molar-refractivity contribution < 1.29 is 9.59 Å². The van der Waals surface area contributed by atoms with Crippen molar-refractivity contribution in [3.05, 3.63) is 51.7 Å². The Morgan fingerprint density at radius 3 is 2.28 bits per heavy atom. The molecule has 0 aliphatic heterocycles. The number of benzene rings is 1. The number of hydrogen-bond donors (Lipinski definition) is 3. The molecule has 0 saturated heterocycles. The minimum Gasteiger partial charge on any atom is -0.349 e. The van der Waals surface area contributed by atoms with Gasteiger partial charge in [-0.2, -0.15) is 0 Å². The van der Waals surface area contributed by atoms with E-state index in [2.05, 4.69) is 10.6 Å². The van der Waals surface area contributed by atoms with Crippen molar-refractivity contribution in [3.63, 3.8) is 0 Å². The lowest BCUT2D eigenvalue weighted by atomic mass is 9.76. The molecule has 2 fully saturated rings. The van der Waals surface area contributed by atoms with Gasteiger partial charge in [-0.3, -0.25) is 9.59 Å². The summed E-state index contributed by atoms with van der Waals surface area (Å²) in [7, 11) is 0. The Hall–Kier alpha value is -2.18. The molecule has 0 radical (unpaired) electrons. The summed E-state index contributed by atoms with van der Waals surface area (Å²) in [5.41, 5.74) is 8.32. The third-order valence-electron chi connectivity index (χ3n) is 7.22. The third kappa shape index (κ3) is 5.99. The van der Waals surface area contributed by atoms with Crippen LogP contribution in [0, 0.1) is 18.8 Å². The lowest BCUT2D eigenvalue weighted by molar-refractivity contribution is 0.0918. The van der Waals surface area contributed by atoms with Crippen molar-refractivity contribution in [3.8, 4) is 0 Å². The molecule has 2 saturated carbocycles. The summed E-state index contributed by atoms with van der Waals surface area (Å²) in [4.78, 5) is 25.8. The van der Waals surface area contributed by atoms with Crippen LogP contribution < -0.4 is 16.4 Å². The van der Waals surface area contributed by atoms with Crippen molar-refractivity contribution in [1.29, 1.82) is 0 Å². The van der Waals surface area contributed by atoms with Gasteiger partial charge in [-0.05, 0) is 112 Å². The number of hydrogen-bond acceptors (Lipinski definition) is 4. The molecule has 4 N–H and O–H groups in total. The third-order valence-corrected chi connectivity index (χ3v) is 8.09. The van der Waals surface area contributed by atoms with E-state index in [0.29, 0.717) is 16.5 Å². The topological polar surface area (TPSA) is 84.2 Å². The first-order valence-corrected chi connectivity index (χ1v) is 12.9. The van der Waals surface area contributed by atoms with Gasteiger partial charge in [-0.25, -0.2) is 0 Å². The normalized spacial score (nSPS) is 25.8. The van der Waals surface area contributed by atoms with Gasteiger partial charge in [0.15, 0.2) is 0 Å². The highest BCUT2D eigenvalue weighted by molar-refractivity contribution is 7.12. The summed E-state index contributed by atoms with van der Waals surface area (Å²) in [6.07, 6.45) is 10.8. The molecule has 0 unspecified atom stereocenters.